The summed E-state index contributed by atoms with van der Waals surface area (Å²) in [4.78, 5) is 2.61. The number of nitrogens with zero attached hydrogens (tertiary/aromatic N) is 1. The zero-order valence-electron chi connectivity index (χ0n) is 24.8. The fourth-order valence-electron chi connectivity index (χ4n) is 6.17. The zero-order valence-corrected chi connectivity index (χ0v) is 26.6. The third kappa shape index (κ3) is 4.37. The van der Waals surface area contributed by atoms with E-state index in [2.05, 4.69) is 162 Å². The van der Waals surface area contributed by atoms with Crippen molar-refractivity contribution in [2.75, 3.05) is 4.90 Å². The van der Waals surface area contributed by atoms with E-state index < -0.39 is 15.8 Å². The Balaban J connectivity index is 1.58. The van der Waals surface area contributed by atoms with Crippen molar-refractivity contribution in [3.05, 3.63) is 126 Å². The fourth-order valence-corrected chi connectivity index (χ4v) is 11.5. The third-order valence-electron chi connectivity index (χ3n) is 8.37. The number of rotatable bonds is 2. The van der Waals surface area contributed by atoms with E-state index in [0.29, 0.717) is 0 Å². The summed E-state index contributed by atoms with van der Waals surface area (Å²) in [7, 11) is -1.42. The van der Waals surface area contributed by atoms with Gasteiger partial charge in [0, 0.05) is 21.2 Å². The van der Waals surface area contributed by atoms with Crippen LogP contribution in [0.15, 0.2) is 115 Å². The molecule has 0 saturated carbocycles. The van der Waals surface area contributed by atoms with Crippen LogP contribution in [0.1, 0.15) is 52.7 Å². The standard InChI is InChI=1S/C38H37NP2/c1-37(2,3)26-20-22-30-34(24-26)40(28-14-9-7-10-15-28)32-18-13-19-33-36(32)39(30)31-23-21-27(38(4,5)6)25-35(31)41(33)29-16-11-8-12-17-29/h7-25H,1-6H3. The molecule has 0 saturated heterocycles. The van der Waals surface area contributed by atoms with E-state index in [1.807, 2.05) is 0 Å². The lowest BCUT2D eigenvalue weighted by atomic mass is 9.86. The molecule has 204 valence electrons. The molecule has 0 fully saturated rings. The monoisotopic (exact) mass is 569 g/mol. The van der Waals surface area contributed by atoms with Gasteiger partial charge in [-0.1, -0.05) is 133 Å². The number of para-hydroxylation sites is 1. The molecular weight excluding hydrogens is 532 g/mol. The first-order valence-electron chi connectivity index (χ1n) is 14.6. The van der Waals surface area contributed by atoms with Gasteiger partial charge in [0.25, 0.3) is 0 Å². The van der Waals surface area contributed by atoms with Crippen LogP contribution in [0.2, 0.25) is 0 Å². The highest BCUT2D eigenvalue weighted by atomic mass is 31.1. The van der Waals surface area contributed by atoms with Gasteiger partial charge in [-0.25, -0.2) is 0 Å². The normalized spacial score (nSPS) is 17.5. The summed E-state index contributed by atoms with van der Waals surface area (Å²) in [6.07, 6.45) is 0. The molecular formula is C38H37NP2. The Morgan fingerprint density at radius 2 is 0.854 bits per heavy atom. The van der Waals surface area contributed by atoms with Crippen LogP contribution in [-0.4, -0.2) is 0 Å². The quantitative estimate of drug-likeness (QED) is 0.191. The van der Waals surface area contributed by atoms with Gasteiger partial charge in [0.05, 0.1) is 17.1 Å². The maximum atomic E-state index is 2.61. The van der Waals surface area contributed by atoms with Gasteiger partial charge < -0.3 is 4.90 Å². The van der Waals surface area contributed by atoms with E-state index >= 15 is 0 Å². The summed E-state index contributed by atoms with van der Waals surface area (Å²) in [5, 5.41) is 8.69. The van der Waals surface area contributed by atoms with Crippen molar-refractivity contribution < 1.29 is 0 Å². The second kappa shape index (κ2) is 9.66. The van der Waals surface area contributed by atoms with E-state index in [9.17, 15) is 0 Å². The average molecular weight is 570 g/mol. The lowest BCUT2D eigenvalue weighted by Gasteiger charge is -2.45. The van der Waals surface area contributed by atoms with Crippen LogP contribution in [0.3, 0.4) is 0 Å². The number of hydrogen-bond donors (Lipinski definition) is 0. The molecule has 2 heterocycles. The predicted molar refractivity (Wildman–Crippen MR) is 183 cm³/mol. The van der Waals surface area contributed by atoms with Crippen molar-refractivity contribution in [2.45, 2.75) is 52.4 Å². The van der Waals surface area contributed by atoms with E-state index in [4.69, 9.17) is 0 Å². The van der Waals surface area contributed by atoms with Crippen molar-refractivity contribution in [1.29, 1.82) is 0 Å². The van der Waals surface area contributed by atoms with Gasteiger partial charge in [-0.15, -0.1) is 0 Å². The highest BCUT2D eigenvalue weighted by Gasteiger charge is 2.41. The Hall–Kier alpha value is -3.24. The van der Waals surface area contributed by atoms with Gasteiger partial charge in [0.15, 0.2) is 0 Å². The van der Waals surface area contributed by atoms with E-state index in [-0.39, 0.29) is 10.8 Å². The average Bonchev–Trinajstić information content (AvgIpc) is 2.96. The van der Waals surface area contributed by atoms with Crippen LogP contribution in [0.4, 0.5) is 17.1 Å². The van der Waals surface area contributed by atoms with Gasteiger partial charge >= 0.3 is 0 Å². The van der Waals surface area contributed by atoms with E-state index in [0.717, 1.165) is 0 Å². The molecule has 0 N–H and O–H groups in total. The molecule has 0 aliphatic carbocycles. The predicted octanol–water partition coefficient (Wildman–Crippen LogP) is 7.89. The van der Waals surface area contributed by atoms with Crippen LogP contribution in [0.25, 0.3) is 0 Å². The molecule has 0 radical (unpaired) electrons. The molecule has 1 nitrogen and oxygen atoms in total. The molecule has 5 aromatic carbocycles. The van der Waals surface area contributed by atoms with Crippen molar-refractivity contribution >= 4 is 64.7 Å². The molecule has 7 rings (SSSR count). The molecule has 3 heteroatoms. The smallest absolute Gasteiger partial charge is 0.0629 e. The fraction of sp³-hybridized carbons (Fsp3) is 0.211. The summed E-state index contributed by atoms with van der Waals surface area (Å²) in [5.41, 5.74) is 7.03. The number of anilines is 3. The van der Waals surface area contributed by atoms with Gasteiger partial charge in [0.1, 0.15) is 0 Å². The Morgan fingerprint density at radius 1 is 0.439 bits per heavy atom. The van der Waals surface area contributed by atoms with Gasteiger partial charge in [-0.3, -0.25) is 0 Å². The van der Waals surface area contributed by atoms with Crippen LogP contribution in [0.5, 0.6) is 0 Å². The molecule has 41 heavy (non-hydrogen) atoms. The third-order valence-corrected chi connectivity index (χ3v) is 13.4. The molecule has 0 amide bonds. The maximum absolute atomic E-state index is 2.61. The topological polar surface area (TPSA) is 3.24 Å². The molecule has 0 bridgehead atoms. The summed E-state index contributed by atoms with van der Waals surface area (Å²) in [6.45, 7) is 14.0. The summed E-state index contributed by atoms with van der Waals surface area (Å²) < 4.78 is 0. The summed E-state index contributed by atoms with van der Waals surface area (Å²) in [5.74, 6) is 0. The zero-order chi connectivity index (χ0) is 28.5. The molecule has 2 aliphatic heterocycles. The number of fused-ring (bicyclic) bond motifs is 4. The highest BCUT2D eigenvalue weighted by molar-refractivity contribution is 7.82. The molecule has 0 aromatic heterocycles. The van der Waals surface area contributed by atoms with E-state index in [1.54, 1.807) is 0 Å². The summed E-state index contributed by atoms with van der Waals surface area (Å²) in [6, 6.07) is 44.1. The Labute approximate surface area is 247 Å². The van der Waals surface area contributed by atoms with Crippen LogP contribution < -0.4 is 36.7 Å². The summed E-state index contributed by atoms with van der Waals surface area (Å²) >= 11 is 0. The van der Waals surface area contributed by atoms with Gasteiger partial charge in [0.2, 0.25) is 0 Å². The van der Waals surface area contributed by atoms with Crippen LogP contribution in [-0.2, 0) is 10.8 Å². The highest BCUT2D eigenvalue weighted by Crippen LogP contribution is 2.55. The first-order chi connectivity index (χ1) is 19.6. The molecule has 2 aliphatic rings. The molecule has 2 unspecified atom stereocenters. The first kappa shape index (κ1) is 26.6. The largest absolute Gasteiger partial charge is 0.308 e. The number of benzene rings is 5. The van der Waals surface area contributed by atoms with Crippen molar-refractivity contribution in [3.8, 4) is 0 Å². The van der Waals surface area contributed by atoms with Crippen molar-refractivity contribution in [1.82, 2.24) is 0 Å². The van der Waals surface area contributed by atoms with Crippen LogP contribution in [0, 0.1) is 0 Å². The van der Waals surface area contributed by atoms with Crippen molar-refractivity contribution in [2.24, 2.45) is 0 Å². The molecule has 2 atom stereocenters. The lowest BCUT2D eigenvalue weighted by molar-refractivity contribution is 0.590. The number of hydrogen-bond acceptors (Lipinski definition) is 1. The molecule has 5 aromatic rings. The molecule has 0 spiro atoms. The minimum atomic E-state index is -0.710. The maximum Gasteiger partial charge on any atom is 0.0629 e. The Kier molecular flexibility index (Phi) is 6.28. The van der Waals surface area contributed by atoms with Gasteiger partial charge in [-0.05, 0) is 72.7 Å². The van der Waals surface area contributed by atoms with Crippen LogP contribution >= 0.6 is 15.8 Å². The Bertz CT molecular complexity index is 1630. The second-order valence-corrected chi connectivity index (χ2v) is 17.5. The lowest BCUT2D eigenvalue weighted by Crippen LogP contribution is -2.43. The minimum Gasteiger partial charge on any atom is -0.308 e. The first-order valence-corrected chi connectivity index (χ1v) is 17.2. The van der Waals surface area contributed by atoms with Crippen molar-refractivity contribution in [3.63, 3.8) is 0 Å². The SMILES string of the molecule is CC(C)(C)c1ccc2c(c1)P(c1ccccc1)c1cccc3c1N2c1ccc(C(C)(C)C)cc1P3c1ccccc1. The second-order valence-electron chi connectivity index (χ2n) is 13.2. The Morgan fingerprint density at radius 3 is 1.24 bits per heavy atom. The minimum absolute atomic E-state index is 0.0812. The van der Waals surface area contributed by atoms with Gasteiger partial charge in [-0.2, -0.15) is 0 Å². The van der Waals surface area contributed by atoms with E-state index in [1.165, 1.54) is 60.0 Å².